The highest BCUT2D eigenvalue weighted by Crippen LogP contribution is 2.26. The van der Waals surface area contributed by atoms with Crippen molar-refractivity contribution in [3.63, 3.8) is 0 Å². The number of amides is 1. The summed E-state index contributed by atoms with van der Waals surface area (Å²) in [5.74, 6) is -0.879. The van der Waals surface area contributed by atoms with E-state index in [2.05, 4.69) is 22.0 Å². The Kier molecular flexibility index (Phi) is 8.69. The highest BCUT2D eigenvalue weighted by Gasteiger charge is 2.24. The minimum atomic E-state index is -3.96. The van der Waals surface area contributed by atoms with Crippen molar-refractivity contribution in [3.8, 4) is 0 Å². The summed E-state index contributed by atoms with van der Waals surface area (Å²) in [6.07, 6.45) is 0.792. The van der Waals surface area contributed by atoms with E-state index in [0.717, 1.165) is 50.0 Å². The van der Waals surface area contributed by atoms with Crippen LogP contribution in [0.25, 0.3) is 0 Å². The van der Waals surface area contributed by atoms with E-state index in [4.69, 9.17) is 11.6 Å². The van der Waals surface area contributed by atoms with E-state index in [1.807, 2.05) is 0 Å². The highest BCUT2D eigenvalue weighted by atomic mass is 35.5. The van der Waals surface area contributed by atoms with Gasteiger partial charge in [0, 0.05) is 39.8 Å². The zero-order chi connectivity index (χ0) is 24.0. The number of benzene rings is 2. The van der Waals surface area contributed by atoms with Crippen molar-refractivity contribution in [1.82, 2.24) is 15.1 Å². The van der Waals surface area contributed by atoms with Gasteiger partial charge in [-0.25, -0.2) is 12.8 Å². The van der Waals surface area contributed by atoms with Crippen LogP contribution in [0.4, 0.5) is 10.1 Å². The number of sulfonamides is 1. The third kappa shape index (κ3) is 6.44. The van der Waals surface area contributed by atoms with E-state index in [1.54, 1.807) is 0 Å². The minimum absolute atomic E-state index is 0.0716. The smallest absolute Gasteiger partial charge is 0.264 e. The van der Waals surface area contributed by atoms with Crippen molar-refractivity contribution in [1.29, 1.82) is 0 Å². The minimum Gasteiger partial charge on any atom is -0.352 e. The van der Waals surface area contributed by atoms with Gasteiger partial charge in [-0.15, -0.1) is 0 Å². The molecule has 1 aliphatic rings. The molecule has 0 radical (unpaired) electrons. The molecule has 1 saturated heterocycles. The quantitative estimate of drug-likeness (QED) is 0.540. The van der Waals surface area contributed by atoms with Crippen LogP contribution in [0.3, 0.4) is 0 Å². The predicted octanol–water partition coefficient (Wildman–Crippen LogP) is 3.06. The van der Waals surface area contributed by atoms with Crippen LogP contribution >= 0.6 is 11.6 Å². The lowest BCUT2D eigenvalue weighted by Gasteiger charge is -2.33. The Morgan fingerprint density at radius 3 is 2.36 bits per heavy atom. The second-order valence-electron chi connectivity index (χ2n) is 7.98. The molecule has 10 heteroatoms. The Hall–Kier alpha value is -2.20. The Morgan fingerprint density at radius 1 is 1.09 bits per heavy atom. The molecule has 0 unspecified atom stereocenters. The number of carbonyl (C=O) groups is 1. The first-order valence-electron chi connectivity index (χ1n) is 11.0. The predicted molar refractivity (Wildman–Crippen MR) is 129 cm³/mol. The normalized spacial score (nSPS) is 15.4. The Labute approximate surface area is 200 Å². The Morgan fingerprint density at radius 2 is 1.73 bits per heavy atom. The average Bonchev–Trinajstić information content (AvgIpc) is 2.82. The second kappa shape index (κ2) is 11.3. The molecule has 0 saturated carbocycles. The van der Waals surface area contributed by atoms with Gasteiger partial charge in [0.05, 0.1) is 21.2 Å². The molecule has 1 aliphatic heterocycles. The van der Waals surface area contributed by atoms with Crippen LogP contribution < -0.4 is 9.62 Å². The molecule has 1 heterocycles. The van der Waals surface area contributed by atoms with Crippen LogP contribution in [0, 0.1) is 5.82 Å². The second-order valence-corrected chi connectivity index (χ2v) is 10.4. The van der Waals surface area contributed by atoms with Gasteiger partial charge in [0.15, 0.2) is 0 Å². The van der Waals surface area contributed by atoms with E-state index in [1.165, 1.54) is 49.5 Å². The monoisotopic (exact) mass is 496 g/mol. The van der Waals surface area contributed by atoms with Crippen molar-refractivity contribution in [3.05, 3.63) is 58.9 Å². The summed E-state index contributed by atoms with van der Waals surface area (Å²) in [7, 11) is -2.59. The summed E-state index contributed by atoms with van der Waals surface area (Å²) in [6.45, 7) is 8.76. The fourth-order valence-electron chi connectivity index (χ4n) is 3.72. The lowest BCUT2D eigenvalue weighted by Crippen LogP contribution is -2.46. The molecule has 1 fully saturated rings. The lowest BCUT2D eigenvalue weighted by atomic mass is 10.2. The first-order valence-corrected chi connectivity index (χ1v) is 12.8. The molecule has 2 aromatic rings. The maximum Gasteiger partial charge on any atom is 0.264 e. The van der Waals surface area contributed by atoms with E-state index < -0.39 is 21.7 Å². The van der Waals surface area contributed by atoms with Gasteiger partial charge in [0.1, 0.15) is 5.82 Å². The molecule has 1 amide bonds. The van der Waals surface area contributed by atoms with Gasteiger partial charge in [-0.2, -0.15) is 0 Å². The summed E-state index contributed by atoms with van der Waals surface area (Å²) >= 11 is 6.19. The number of nitrogens with zero attached hydrogens (tertiary/aromatic N) is 3. The van der Waals surface area contributed by atoms with E-state index in [9.17, 15) is 17.6 Å². The topological polar surface area (TPSA) is 73.0 Å². The van der Waals surface area contributed by atoms with Crippen molar-refractivity contribution < 1.29 is 17.6 Å². The number of hydrogen-bond acceptors (Lipinski definition) is 5. The third-order valence-electron chi connectivity index (χ3n) is 5.88. The Balaban J connectivity index is 1.60. The van der Waals surface area contributed by atoms with E-state index >= 15 is 0 Å². The standard InChI is InChI=1S/C23H30ClFN4O3S/c1-3-28-13-15-29(16-14-28)12-4-11-26-23(30)21-17-20(9-10-22(21)24)33(31,32)27(2)19-7-5-18(25)6-8-19/h5-10,17H,3-4,11-16H2,1-2H3,(H,26,30). The van der Waals surface area contributed by atoms with Crippen LogP contribution in [0.2, 0.25) is 5.02 Å². The molecule has 0 aliphatic carbocycles. The number of carbonyl (C=O) groups excluding carboxylic acids is 1. The molecule has 3 rings (SSSR count). The van der Waals surface area contributed by atoms with Gasteiger partial charge >= 0.3 is 0 Å². The summed E-state index contributed by atoms with van der Waals surface area (Å²) in [5, 5.41) is 3.01. The summed E-state index contributed by atoms with van der Waals surface area (Å²) in [4.78, 5) is 17.4. The number of nitrogens with one attached hydrogen (secondary N) is 1. The molecule has 33 heavy (non-hydrogen) atoms. The van der Waals surface area contributed by atoms with Crippen molar-refractivity contribution in [2.75, 3.05) is 57.2 Å². The van der Waals surface area contributed by atoms with Gasteiger partial charge in [-0.1, -0.05) is 18.5 Å². The third-order valence-corrected chi connectivity index (χ3v) is 7.99. The van der Waals surface area contributed by atoms with Crippen LogP contribution in [0.1, 0.15) is 23.7 Å². The molecule has 2 aromatic carbocycles. The van der Waals surface area contributed by atoms with Crippen molar-refractivity contribution in [2.45, 2.75) is 18.2 Å². The summed E-state index contributed by atoms with van der Waals surface area (Å²) in [5.41, 5.74) is 0.402. The largest absolute Gasteiger partial charge is 0.352 e. The number of rotatable bonds is 9. The fourth-order valence-corrected chi connectivity index (χ4v) is 5.14. The lowest BCUT2D eigenvalue weighted by molar-refractivity contribution is 0.0948. The fraction of sp³-hybridized carbons (Fsp3) is 0.435. The van der Waals surface area contributed by atoms with Crippen LogP contribution in [0.15, 0.2) is 47.4 Å². The zero-order valence-electron chi connectivity index (χ0n) is 18.9. The molecule has 1 N–H and O–H groups in total. The number of anilines is 1. The van der Waals surface area contributed by atoms with Crippen molar-refractivity contribution in [2.24, 2.45) is 0 Å². The summed E-state index contributed by atoms with van der Waals surface area (Å²) in [6, 6.07) is 9.14. The Bertz CT molecular complexity index is 1060. The van der Waals surface area contributed by atoms with Gasteiger partial charge in [0.25, 0.3) is 15.9 Å². The SMILES string of the molecule is CCN1CCN(CCCNC(=O)c2cc(S(=O)(=O)N(C)c3ccc(F)cc3)ccc2Cl)CC1. The zero-order valence-corrected chi connectivity index (χ0v) is 20.5. The average molecular weight is 497 g/mol. The van der Waals surface area contributed by atoms with E-state index in [0.29, 0.717) is 12.2 Å². The summed E-state index contributed by atoms with van der Waals surface area (Å²) < 4.78 is 40.3. The molecule has 7 nitrogen and oxygen atoms in total. The molecule has 0 bridgehead atoms. The maximum absolute atomic E-state index is 13.2. The highest BCUT2D eigenvalue weighted by molar-refractivity contribution is 7.92. The number of piperazine rings is 1. The van der Waals surface area contributed by atoms with Gasteiger partial charge in [-0.05, 0) is 62.0 Å². The van der Waals surface area contributed by atoms with Crippen molar-refractivity contribution >= 4 is 33.2 Å². The van der Waals surface area contributed by atoms with Gasteiger partial charge in [0.2, 0.25) is 0 Å². The van der Waals surface area contributed by atoms with Gasteiger partial charge < -0.3 is 15.1 Å². The number of halogens is 2. The first-order chi connectivity index (χ1) is 15.7. The molecular formula is C23H30ClFN4O3S. The maximum atomic E-state index is 13.2. The number of hydrogen-bond donors (Lipinski definition) is 1. The molecule has 0 spiro atoms. The first kappa shape index (κ1) is 25.4. The van der Waals surface area contributed by atoms with Crippen LogP contribution in [0.5, 0.6) is 0 Å². The molecule has 0 atom stereocenters. The number of likely N-dealkylation sites (N-methyl/N-ethyl adjacent to an activating group) is 1. The van der Waals surface area contributed by atoms with E-state index in [-0.39, 0.29) is 15.5 Å². The van der Waals surface area contributed by atoms with Gasteiger partial charge in [-0.3, -0.25) is 9.10 Å². The van der Waals surface area contributed by atoms with Crippen LogP contribution in [-0.2, 0) is 10.0 Å². The molecule has 180 valence electrons. The molecular weight excluding hydrogens is 467 g/mol. The van der Waals surface area contributed by atoms with Crippen LogP contribution in [-0.4, -0.2) is 77.0 Å². The molecule has 0 aromatic heterocycles.